The molecule has 1 N–H and O–H groups in total. The van der Waals surface area contributed by atoms with Gasteiger partial charge in [0.25, 0.3) is 11.6 Å². The van der Waals surface area contributed by atoms with E-state index < -0.39 is 10.8 Å². The summed E-state index contributed by atoms with van der Waals surface area (Å²) in [6, 6.07) is 9.98. The van der Waals surface area contributed by atoms with Crippen LogP contribution in [0.5, 0.6) is 17.2 Å². The Morgan fingerprint density at radius 2 is 1.93 bits per heavy atom. The second-order valence-electron chi connectivity index (χ2n) is 6.74. The number of nitrogens with zero attached hydrogens (tertiary/aromatic N) is 2. The van der Waals surface area contributed by atoms with E-state index in [1.807, 2.05) is 43.3 Å². The molecule has 1 aliphatic rings. The van der Waals surface area contributed by atoms with E-state index in [-0.39, 0.29) is 29.6 Å². The van der Waals surface area contributed by atoms with Crippen LogP contribution in [0.15, 0.2) is 36.4 Å². The van der Waals surface area contributed by atoms with Gasteiger partial charge < -0.3 is 24.4 Å². The first-order valence-corrected chi connectivity index (χ1v) is 9.07. The lowest BCUT2D eigenvalue weighted by Crippen LogP contribution is -2.35. The van der Waals surface area contributed by atoms with Crippen molar-refractivity contribution < 1.29 is 23.9 Å². The fourth-order valence-electron chi connectivity index (χ4n) is 3.14. The molecular formula is C20H23N3O6. The number of amides is 1. The molecule has 2 aromatic rings. The second kappa shape index (κ2) is 8.78. The Morgan fingerprint density at radius 1 is 1.24 bits per heavy atom. The van der Waals surface area contributed by atoms with Crippen LogP contribution in [0.3, 0.4) is 0 Å². The molecule has 154 valence electrons. The van der Waals surface area contributed by atoms with Gasteiger partial charge in [0.2, 0.25) is 0 Å². The van der Waals surface area contributed by atoms with Crippen LogP contribution in [0, 0.1) is 10.1 Å². The number of methoxy groups -OCH3 is 1. The lowest BCUT2D eigenvalue weighted by Gasteiger charge is -2.25. The Morgan fingerprint density at radius 3 is 2.55 bits per heavy atom. The van der Waals surface area contributed by atoms with Crippen molar-refractivity contribution in [1.29, 1.82) is 0 Å². The Hall–Kier alpha value is -3.33. The summed E-state index contributed by atoms with van der Waals surface area (Å²) in [6.07, 6.45) is 0. The fraction of sp³-hybridized carbons (Fsp3) is 0.350. The largest absolute Gasteiger partial charge is 0.497 e. The van der Waals surface area contributed by atoms with Gasteiger partial charge in [-0.05, 0) is 31.8 Å². The van der Waals surface area contributed by atoms with Gasteiger partial charge in [-0.1, -0.05) is 12.1 Å². The molecular weight excluding hydrogens is 378 g/mol. The number of benzene rings is 2. The number of ether oxygens (including phenoxy) is 3. The minimum atomic E-state index is -0.599. The normalized spacial score (nSPS) is 13.7. The summed E-state index contributed by atoms with van der Waals surface area (Å²) in [6.45, 7) is 0.885. The van der Waals surface area contributed by atoms with Gasteiger partial charge in [0.1, 0.15) is 24.5 Å². The molecule has 1 amide bonds. The summed E-state index contributed by atoms with van der Waals surface area (Å²) in [5.74, 6) is 0.748. The molecule has 0 saturated heterocycles. The van der Waals surface area contributed by atoms with Crippen molar-refractivity contribution in [1.82, 2.24) is 10.2 Å². The highest BCUT2D eigenvalue weighted by Gasteiger charge is 2.27. The van der Waals surface area contributed by atoms with E-state index in [2.05, 4.69) is 5.32 Å². The van der Waals surface area contributed by atoms with Gasteiger partial charge in [0, 0.05) is 12.6 Å². The van der Waals surface area contributed by atoms with E-state index in [0.29, 0.717) is 24.7 Å². The van der Waals surface area contributed by atoms with Gasteiger partial charge in [0.15, 0.2) is 11.5 Å². The summed E-state index contributed by atoms with van der Waals surface area (Å²) in [4.78, 5) is 25.6. The van der Waals surface area contributed by atoms with Crippen molar-refractivity contribution >= 4 is 11.6 Å². The molecule has 0 aliphatic carbocycles. The number of hydrogen-bond acceptors (Lipinski definition) is 7. The maximum absolute atomic E-state index is 12.8. The SMILES string of the molecule is COc1cccc(C(CNC(=O)c2cc3c(cc2[N+](=O)[O-])OCCO3)N(C)C)c1. The van der Waals surface area contributed by atoms with E-state index in [1.165, 1.54) is 12.1 Å². The zero-order valence-corrected chi connectivity index (χ0v) is 16.5. The number of nitrogens with one attached hydrogen (secondary N) is 1. The molecule has 0 fully saturated rings. The topological polar surface area (TPSA) is 103 Å². The highest BCUT2D eigenvalue weighted by atomic mass is 16.6. The molecule has 1 atom stereocenters. The molecule has 0 saturated carbocycles. The Kier molecular flexibility index (Phi) is 6.18. The lowest BCUT2D eigenvalue weighted by molar-refractivity contribution is -0.385. The fourth-order valence-corrected chi connectivity index (χ4v) is 3.14. The number of carbonyl (C=O) groups excluding carboxylic acids is 1. The quantitative estimate of drug-likeness (QED) is 0.561. The molecule has 1 unspecified atom stereocenters. The van der Waals surface area contributed by atoms with Crippen molar-refractivity contribution in [2.24, 2.45) is 0 Å². The molecule has 9 heteroatoms. The van der Waals surface area contributed by atoms with Crippen LogP contribution in [0.25, 0.3) is 0 Å². The monoisotopic (exact) mass is 401 g/mol. The summed E-state index contributed by atoms with van der Waals surface area (Å²) in [5.41, 5.74) is 0.559. The maximum atomic E-state index is 12.8. The van der Waals surface area contributed by atoms with E-state index in [9.17, 15) is 14.9 Å². The third-order valence-corrected chi connectivity index (χ3v) is 4.66. The minimum absolute atomic E-state index is 0.0672. The highest BCUT2D eigenvalue weighted by Crippen LogP contribution is 2.36. The highest BCUT2D eigenvalue weighted by molar-refractivity contribution is 5.99. The van der Waals surface area contributed by atoms with Crippen LogP contribution in [0.1, 0.15) is 22.0 Å². The number of hydrogen-bond donors (Lipinski definition) is 1. The Bertz CT molecular complexity index is 915. The lowest BCUT2D eigenvalue weighted by atomic mass is 10.0. The molecule has 29 heavy (non-hydrogen) atoms. The number of nitro benzene ring substituents is 1. The first-order chi connectivity index (χ1) is 13.9. The van der Waals surface area contributed by atoms with Gasteiger partial charge in [-0.15, -0.1) is 0 Å². The molecule has 3 rings (SSSR count). The number of fused-ring (bicyclic) bond motifs is 1. The van der Waals surface area contributed by atoms with Crippen molar-refractivity contribution in [3.8, 4) is 17.2 Å². The Balaban J connectivity index is 1.82. The number of carbonyl (C=O) groups is 1. The summed E-state index contributed by atoms with van der Waals surface area (Å²) < 4.78 is 16.1. The van der Waals surface area contributed by atoms with Crippen LogP contribution >= 0.6 is 0 Å². The molecule has 0 aromatic heterocycles. The van der Waals surface area contributed by atoms with Crippen molar-refractivity contribution in [2.45, 2.75) is 6.04 Å². The zero-order chi connectivity index (χ0) is 21.0. The predicted octanol–water partition coefficient (Wildman–Crippen LogP) is 2.41. The van der Waals surface area contributed by atoms with Gasteiger partial charge in [-0.2, -0.15) is 0 Å². The van der Waals surface area contributed by atoms with Crippen molar-refractivity contribution in [2.75, 3.05) is 41.0 Å². The summed E-state index contributed by atoms with van der Waals surface area (Å²) in [7, 11) is 5.37. The van der Waals surface area contributed by atoms with E-state index in [4.69, 9.17) is 14.2 Å². The van der Waals surface area contributed by atoms with Gasteiger partial charge >= 0.3 is 0 Å². The number of nitro groups is 1. The number of likely N-dealkylation sites (N-methyl/N-ethyl adjacent to an activating group) is 1. The van der Waals surface area contributed by atoms with Crippen molar-refractivity contribution in [3.05, 3.63) is 57.6 Å². The third kappa shape index (κ3) is 4.57. The average molecular weight is 401 g/mol. The van der Waals surface area contributed by atoms with Crippen molar-refractivity contribution in [3.63, 3.8) is 0 Å². The smallest absolute Gasteiger partial charge is 0.286 e. The first kappa shape index (κ1) is 20.4. The van der Waals surface area contributed by atoms with Crippen LogP contribution in [0.4, 0.5) is 5.69 Å². The summed E-state index contributed by atoms with van der Waals surface area (Å²) >= 11 is 0. The molecule has 2 aromatic carbocycles. The van der Waals surface area contributed by atoms with E-state index >= 15 is 0 Å². The standard InChI is InChI=1S/C20H23N3O6/c1-22(2)17(13-5-4-6-14(9-13)27-3)12-21-20(24)15-10-18-19(29-8-7-28-18)11-16(15)23(25)26/h4-6,9-11,17H,7-8,12H2,1-3H3,(H,21,24). The predicted molar refractivity (Wildman–Crippen MR) is 106 cm³/mol. The van der Waals surface area contributed by atoms with Crippen LogP contribution in [-0.2, 0) is 0 Å². The maximum Gasteiger partial charge on any atom is 0.286 e. The van der Waals surface area contributed by atoms with Gasteiger partial charge in [-0.25, -0.2) is 0 Å². The van der Waals surface area contributed by atoms with Crippen LogP contribution < -0.4 is 19.5 Å². The van der Waals surface area contributed by atoms with E-state index in [1.54, 1.807) is 7.11 Å². The average Bonchev–Trinajstić information content (AvgIpc) is 2.72. The minimum Gasteiger partial charge on any atom is -0.497 e. The van der Waals surface area contributed by atoms with E-state index in [0.717, 1.165) is 5.56 Å². The Labute approximate surface area is 168 Å². The van der Waals surface area contributed by atoms with Gasteiger partial charge in [-0.3, -0.25) is 14.9 Å². The second-order valence-corrected chi connectivity index (χ2v) is 6.74. The molecule has 0 spiro atoms. The third-order valence-electron chi connectivity index (χ3n) is 4.66. The first-order valence-electron chi connectivity index (χ1n) is 9.07. The van der Waals surface area contributed by atoms with Crippen LogP contribution in [0.2, 0.25) is 0 Å². The van der Waals surface area contributed by atoms with Gasteiger partial charge in [0.05, 0.1) is 24.1 Å². The molecule has 1 aliphatic heterocycles. The molecule has 9 nitrogen and oxygen atoms in total. The molecule has 1 heterocycles. The van der Waals surface area contributed by atoms with Crippen LogP contribution in [-0.4, -0.2) is 56.7 Å². The summed E-state index contributed by atoms with van der Waals surface area (Å²) in [5, 5.41) is 14.3. The number of rotatable bonds is 7. The molecule has 0 bridgehead atoms. The molecule has 0 radical (unpaired) electrons. The zero-order valence-electron chi connectivity index (χ0n) is 16.5.